The molecule has 1 N–H and O–H groups in total. The third-order valence-electron chi connectivity index (χ3n) is 3.49. The molecule has 4 nitrogen and oxygen atoms in total. The van der Waals surface area contributed by atoms with E-state index in [-0.39, 0.29) is 11.3 Å². The van der Waals surface area contributed by atoms with Crippen LogP contribution in [-0.4, -0.2) is 28.2 Å². The molecule has 1 aromatic carbocycles. The summed E-state index contributed by atoms with van der Waals surface area (Å²) in [5, 5.41) is 9.42. The highest BCUT2D eigenvalue weighted by molar-refractivity contribution is 7.81. The molecular weight excluding hydrogens is 288 g/mol. The molecule has 1 aliphatic rings. The van der Waals surface area contributed by atoms with Gasteiger partial charge in [-0.15, -0.1) is 0 Å². The number of aliphatic hydroxyl groups is 1. The number of thiol groups is 1. The van der Waals surface area contributed by atoms with Gasteiger partial charge in [-0.2, -0.15) is 12.6 Å². The highest BCUT2D eigenvalue weighted by atomic mass is 32.1. The Labute approximate surface area is 129 Å². The van der Waals surface area contributed by atoms with E-state index >= 15 is 0 Å². The first-order chi connectivity index (χ1) is 10.0. The van der Waals surface area contributed by atoms with Gasteiger partial charge in [0, 0.05) is 0 Å². The molecular formula is C16H18O4S. The molecule has 0 bridgehead atoms. The van der Waals surface area contributed by atoms with E-state index in [1.54, 1.807) is 0 Å². The molecule has 21 heavy (non-hydrogen) atoms. The van der Waals surface area contributed by atoms with Crippen LogP contribution in [0.25, 0.3) is 0 Å². The molecule has 1 aromatic rings. The van der Waals surface area contributed by atoms with Gasteiger partial charge in [-0.1, -0.05) is 37.3 Å². The summed E-state index contributed by atoms with van der Waals surface area (Å²) >= 11 is 4.15. The van der Waals surface area contributed by atoms with Gasteiger partial charge in [-0.3, -0.25) is 4.79 Å². The van der Waals surface area contributed by atoms with Crippen LogP contribution in [0, 0.1) is 0 Å². The van der Waals surface area contributed by atoms with Gasteiger partial charge >= 0.3 is 5.97 Å². The maximum absolute atomic E-state index is 12.2. The Hall–Kier alpha value is -1.75. The molecule has 0 saturated carbocycles. The minimum atomic E-state index is -0.813. The van der Waals surface area contributed by atoms with Crippen molar-refractivity contribution in [3.63, 3.8) is 0 Å². The van der Waals surface area contributed by atoms with E-state index in [0.717, 1.165) is 5.56 Å². The average molecular weight is 306 g/mol. The number of carbonyl (C=O) groups is 2. The topological polar surface area (TPSA) is 63.6 Å². The van der Waals surface area contributed by atoms with Crippen LogP contribution in [0.3, 0.4) is 0 Å². The van der Waals surface area contributed by atoms with E-state index in [1.165, 1.54) is 0 Å². The SMILES string of the molecule is CCC(S)C(O)=C1C(=O)OC(CCc2ccccc2)C1=O. The number of rotatable bonds is 5. The fraction of sp³-hybridized carbons (Fsp3) is 0.375. The second-order valence-corrected chi connectivity index (χ2v) is 5.59. The van der Waals surface area contributed by atoms with Crippen molar-refractivity contribution in [2.24, 2.45) is 0 Å². The molecule has 1 fully saturated rings. The Kier molecular flexibility index (Phi) is 5.07. The van der Waals surface area contributed by atoms with Crippen LogP contribution in [-0.2, 0) is 20.7 Å². The summed E-state index contributed by atoms with van der Waals surface area (Å²) in [7, 11) is 0. The van der Waals surface area contributed by atoms with Gasteiger partial charge in [0.1, 0.15) is 11.3 Å². The first-order valence-electron chi connectivity index (χ1n) is 6.95. The Morgan fingerprint density at radius 2 is 2.00 bits per heavy atom. The molecule has 2 rings (SSSR count). The number of hydrogen-bond acceptors (Lipinski definition) is 5. The molecule has 1 aliphatic heterocycles. The number of cyclic esters (lactones) is 1. The second kappa shape index (κ2) is 6.80. The molecule has 1 heterocycles. The monoisotopic (exact) mass is 306 g/mol. The highest BCUT2D eigenvalue weighted by Crippen LogP contribution is 2.26. The number of esters is 1. The van der Waals surface area contributed by atoms with Gasteiger partial charge in [0.25, 0.3) is 0 Å². The van der Waals surface area contributed by atoms with Gasteiger partial charge in [0.05, 0.1) is 5.25 Å². The number of carbonyl (C=O) groups excluding carboxylic acids is 2. The lowest BCUT2D eigenvalue weighted by molar-refractivity contribution is -0.141. The summed E-state index contributed by atoms with van der Waals surface area (Å²) in [5.41, 5.74) is 0.832. The summed E-state index contributed by atoms with van der Waals surface area (Å²) in [4.78, 5) is 24.0. The molecule has 112 valence electrons. The quantitative estimate of drug-likeness (QED) is 0.289. The molecule has 2 unspecified atom stereocenters. The number of hydrogen-bond donors (Lipinski definition) is 2. The lowest BCUT2D eigenvalue weighted by Gasteiger charge is -2.08. The third-order valence-corrected chi connectivity index (χ3v) is 4.10. The van der Waals surface area contributed by atoms with Crippen LogP contribution in [0.2, 0.25) is 0 Å². The normalized spacial score (nSPS) is 22.1. The van der Waals surface area contributed by atoms with E-state index in [0.29, 0.717) is 19.3 Å². The summed E-state index contributed by atoms with van der Waals surface area (Å²) in [6.45, 7) is 1.81. The molecule has 0 radical (unpaired) electrons. The fourth-order valence-electron chi connectivity index (χ4n) is 2.23. The van der Waals surface area contributed by atoms with Crippen LogP contribution < -0.4 is 0 Å². The van der Waals surface area contributed by atoms with Gasteiger partial charge in [-0.25, -0.2) is 4.79 Å². The maximum Gasteiger partial charge on any atom is 0.346 e. The third kappa shape index (κ3) is 3.47. The Balaban J connectivity index is 2.08. The first kappa shape index (κ1) is 15.6. The van der Waals surface area contributed by atoms with Gasteiger partial charge < -0.3 is 9.84 Å². The predicted molar refractivity (Wildman–Crippen MR) is 82.4 cm³/mol. The first-order valence-corrected chi connectivity index (χ1v) is 7.46. The van der Waals surface area contributed by atoms with E-state index in [4.69, 9.17) is 4.74 Å². The summed E-state index contributed by atoms with van der Waals surface area (Å²) in [6, 6.07) is 9.66. The number of ether oxygens (including phenoxy) is 1. The number of aliphatic hydroxyl groups excluding tert-OH is 1. The van der Waals surface area contributed by atoms with E-state index in [1.807, 2.05) is 37.3 Å². The molecule has 5 heteroatoms. The number of ketones is 1. The van der Waals surface area contributed by atoms with E-state index in [9.17, 15) is 14.7 Å². The van der Waals surface area contributed by atoms with Crippen molar-refractivity contribution in [1.29, 1.82) is 0 Å². The standard InChI is InChI=1S/C16H18O4S/c1-2-12(21)15(18)13-14(17)11(20-16(13)19)9-8-10-6-4-3-5-7-10/h3-7,11-12,18,21H,2,8-9H2,1H3. The maximum atomic E-state index is 12.2. The Morgan fingerprint density at radius 3 is 2.62 bits per heavy atom. The van der Waals surface area contributed by atoms with Crippen molar-refractivity contribution in [2.75, 3.05) is 0 Å². The fourth-order valence-corrected chi connectivity index (χ4v) is 2.36. The molecule has 0 amide bonds. The lowest BCUT2D eigenvalue weighted by atomic mass is 10.0. The number of benzene rings is 1. The molecule has 2 atom stereocenters. The zero-order valence-corrected chi connectivity index (χ0v) is 12.7. The zero-order valence-electron chi connectivity index (χ0n) is 11.8. The Morgan fingerprint density at radius 1 is 1.33 bits per heavy atom. The Bertz CT molecular complexity index is 565. The van der Waals surface area contributed by atoms with Gasteiger partial charge in [0.2, 0.25) is 5.78 Å². The van der Waals surface area contributed by atoms with Gasteiger partial charge in [0.15, 0.2) is 6.10 Å². The van der Waals surface area contributed by atoms with Gasteiger partial charge in [-0.05, 0) is 24.8 Å². The number of Topliss-reactive ketones (excluding diaryl/α,β-unsaturated/α-hetero) is 1. The molecule has 0 spiro atoms. The van der Waals surface area contributed by atoms with Crippen molar-refractivity contribution in [1.82, 2.24) is 0 Å². The largest absolute Gasteiger partial charge is 0.510 e. The summed E-state index contributed by atoms with van der Waals surface area (Å²) in [5.74, 6) is -1.47. The smallest absolute Gasteiger partial charge is 0.346 e. The minimum absolute atomic E-state index is 0.241. The molecule has 0 aromatic heterocycles. The zero-order chi connectivity index (χ0) is 15.4. The van der Waals surface area contributed by atoms with Crippen molar-refractivity contribution in [3.8, 4) is 0 Å². The molecule has 0 aliphatic carbocycles. The van der Waals surface area contributed by atoms with Crippen molar-refractivity contribution >= 4 is 24.4 Å². The minimum Gasteiger partial charge on any atom is -0.510 e. The van der Waals surface area contributed by atoms with Crippen molar-refractivity contribution in [2.45, 2.75) is 37.5 Å². The number of aryl methyl sites for hydroxylation is 1. The summed E-state index contributed by atoms with van der Waals surface area (Å²) in [6.07, 6.45) is 0.756. The van der Waals surface area contributed by atoms with E-state index in [2.05, 4.69) is 12.6 Å². The van der Waals surface area contributed by atoms with Crippen molar-refractivity contribution < 1.29 is 19.4 Å². The van der Waals surface area contributed by atoms with Crippen LogP contribution in [0.5, 0.6) is 0 Å². The summed E-state index contributed by atoms with van der Waals surface area (Å²) < 4.78 is 5.08. The highest BCUT2D eigenvalue weighted by Gasteiger charge is 2.41. The van der Waals surface area contributed by atoms with E-state index < -0.39 is 23.1 Å². The lowest BCUT2D eigenvalue weighted by Crippen LogP contribution is -2.18. The van der Waals surface area contributed by atoms with Crippen LogP contribution in [0.1, 0.15) is 25.3 Å². The van der Waals surface area contributed by atoms with Crippen LogP contribution >= 0.6 is 12.6 Å². The second-order valence-electron chi connectivity index (χ2n) is 4.97. The molecule has 1 saturated heterocycles. The van der Waals surface area contributed by atoms with Crippen LogP contribution in [0.15, 0.2) is 41.7 Å². The predicted octanol–water partition coefficient (Wildman–Crippen LogP) is 2.63. The average Bonchev–Trinajstić information content (AvgIpc) is 2.79. The van der Waals surface area contributed by atoms with Crippen molar-refractivity contribution in [3.05, 3.63) is 47.2 Å². The van der Waals surface area contributed by atoms with Crippen LogP contribution in [0.4, 0.5) is 0 Å².